The standard InChI is InChI=1S/C36H39Cl2N3O5S/c1-3-4-21-39-36(43)34(22-27-11-7-5-8-12-27)40(24-29-15-16-30(37)23-33(29)38)35(42)25-41(47(2,44)45)31-17-19-32(20-18-31)46-26-28-13-9-6-10-14-28/h5-20,23,34H,3-4,21-22,24-26H2,1-2H3,(H,39,43)/t34-/m1/s1. The van der Waals surface area contributed by atoms with Gasteiger partial charge in [0.2, 0.25) is 21.8 Å². The lowest BCUT2D eigenvalue weighted by molar-refractivity contribution is -0.140. The molecule has 0 radical (unpaired) electrons. The van der Waals surface area contributed by atoms with Crippen LogP contribution in [0.1, 0.15) is 36.5 Å². The number of sulfonamides is 1. The molecule has 0 aliphatic rings. The second kappa shape index (κ2) is 17.2. The number of nitrogens with zero attached hydrogens (tertiary/aromatic N) is 2. The first-order chi connectivity index (χ1) is 22.5. The van der Waals surface area contributed by atoms with Crippen molar-refractivity contribution in [3.8, 4) is 5.75 Å². The lowest BCUT2D eigenvalue weighted by Crippen LogP contribution is -2.53. The number of halogens is 2. The van der Waals surface area contributed by atoms with E-state index in [1.165, 1.54) is 4.90 Å². The molecule has 0 aromatic heterocycles. The molecule has 1 N–H and O–H groups in total. The summed E-state index contributed by atoms with van der Waals surface area (Å²) in [5.74, 6) is -0.368. The highest BCUT2D eigenvalue weighted by Gasteiger charge is 2.33. The zero-order valence-electron chi connectivity index (χ0n) is 26.4. The fourth-order valence-electron chi connectivity index (χ4n) is 4.96. The van der Waals surface area contributed by atoms with E-state index in [0.717, 1.165) is 34.5 Å². The molecule has 0 unspecified atom stereocenters. The zero-order valence-corrected chi connectivity index (χ0v) is 28.8. The van der Waals surface area contributed by atoms with Gasteiger partial charge in [-0.25, -0.2) is 8.42 Å². The number of anilines is 1. The highest BCUT2D eigenvalue weighted by molar-refractivity contribution is 7.92. The van der Waals surface area contributed by atoms with Gasteiger partial charge in [-0.2, -0.15) is 0 Å². The lowest BCUT2D eigenvalue weighted by atomic mass is 10.0. The van der Waals surface area contributed by atoms with Gasteiger partial charge in [-0.15, -0.1) is 0 Å². The van der Waals surface area contributed by atoms with Gasteiger partial charge in [-0.1, -0.05) is 103 Å². The first-order valence-electron chi connectivity index (χ1n) is 15.3. The summed E-state index contributed by atoms with van der Waals surface area (Å²) in [6.45, 7) is 2.23. The van der Waals surface area contributed by atoms with Crippen molar-refractivity contribution in [1.82, 2.24) is 10.2 Å². The molecule has 0 saturated heterocycles. The molecule has 0 saturated carbocycles. The number of unbranched alkanes of at least 4 members (excludes halogenated alkanes) is 1. The molecule has 8 nitrogen and oxygen atoms in total. The molecule has 47 heavy (non-hydrogen) atoms. The first kappa shape index (κ1) is 35.8. The molecule has 0 fully saturated rings. The number of hydrogen-bond acceptors (Lipinski definition) is 5. The molecule has 11 heteroatoms. The van der Waals surface area contributed by atoms with Crippen LogP contribution in [0.25, 0.3) is 0 Å². The summed E-state index contributed by atoms with van der Waals surface area (Å²) in [5.41, 5.74) is 2.68. The van der Waals surface area contributed by atoms with Gasteiger partial charge in [0.15, 0.2) is 0 Å². The van der Waals surface area contributed by atoms with Crippen LogP contribution in [0, 0.1) is 0 Å². The Morgan fingerprint density at radius 1 is 0.872 bits per heavy atom. The second-order valence-electron chi connectivity index (χ2n) is 11.1. The minimum Gasteiger partial charge on any atom is -0.489 e. The molecule has 0 aliphatic carbocycles. The van der Waals surface area contributed by atoms with Crippen LogP contribution in [0.5, 0.6) is 5.75 Å². The van der Waals surface area contributed by atoms with Gasteiger partial charge in [0.1, 0.15) is 24.9 Å². The monoisotopic (exact) mass is 695 g/mol. The summed E-state index contributed by atoms with van der Waals surface area (Å²) in [6.07, 6.45) is 2.90. The van der Waals surface area contributed by atoms with Crippen LogP contribution in [0.4, 0.5) is 5.69 Å². The summed E-state index contributed by atoms with van der Waals surface area (Å²) >= 11 is 12.7. The molecular formula is C36H39Cl2N3O5S. The number of carbonyl (C=O) groups is 2. The minimum absolute atomic E-state index is 0.0442. The quantitative estimate of drug-likeness (QED) is 0.129. The van der Waals surface area contributed by atoms with Crippen LogP contribution in [0.15, 0.2) is 103 Å². The third-order valence-electron chi connectivity index (χ3n) is 7.51. The maximum atomic E-state index is 14.3. The van der Waals surface area contributed by atoms with E-state index in [0.29, 0.717) is 34.5 Å². The lowest BCUT2D eigenvalue weighted by Gasteiger charge is -2.33. The average Bonchev–Trinajstić information content (AvgIpc) is 3.06. The fourth-order valence-corrected chi connectivity index (χ4v) is 6.27. The van der Waals surface area contributed by atoms with E-state index in [2.05, 4.69) is 5.32 Å². The molecule has 0 bridgehead atoms. The topological polar surface area (TPSA) is 96.0 Å². The van der Waals surface area contributed by atoms with Crippen LogP contribution in [-0.4, -0.2) is 50.5 Å². The summed E-state index contributed by atoms with van der Waals surface area (Å²) in [7, 11) is -3.92. The van der Waals surface area contributed by atoms with Gasteiger partial charge < -0.3 is 15.0 Å². The van der Waals surface area contributed by atoms with Crippen molar-refractivity contribution in [2.24, 2.45) is 0 Å². The van der Waals surface area contributed by atoms with Crippen molar-refractivity contribution >= 4 is 50.7 Å². The van der Waals surface area contributed by atoms with Crippen molar-refractivity contribution in [3.05, 3.63) is 130 Å². The molecular weight excluding hydrogens is 657 g/mol. The van der Waals surface area contributed by atoms with Gasteiger partial charge in [-0.05, 0) is 59.5 Å². The molecule has 248 valence electrons. The molecule has 1 atom stereocenters. The number of hydrogen-bond donors (Lipinski definition) is 1. The van der Waals surface area contributed by atoms with Gasteiger partial charge in [0.25, 0.3) is 0 Å². The van der Waals surface area contributed by atoms with Crippen LogP contribution in [0.2, 0.25) is 10.0 Å². The Kier molecular flexibility index (Phi) is 13.1. The largest absolute Gasteiger partial charge is 0.489 e. The Labute approximate surface area is 287 Å². The minimum atomic E-state index is -3.92. The third-order valence-corrected chi connectivity index (χ3v) is 9.24. The maximum Gasteiger partial charge on any atom is 0.244 e. The number of amides is 2. The number of rotatable bonds is 16. The normalized spacial score (nSPS) is 11.8. The molecule has 0 aliphatic heterocycles. The number of carbonyl (C=O) groups excluding carboxylic acids is 2. The highest BCUT2D eigenvalue weighted by Crippen LogP contribution is 2.26. The highest BCUT2D eigenvalue weighted by atomic mass is 35.5. The molecule has 4 rings (SSSR count). The van der Waals surface area contributed by atoms with Gasteiger partial charge in [0, 0.05) is 29.6 Å². The molecule has 0 spiro atoms. The molecule has 0 heterocycles. The molecule has 4 aromatic carbocycles. The SMILES string of the molecule is CCCCNC(=O)[C@@H](Cc1ccccc1)N(Cc1ccc(Cl)cc1Cl)C(=O)CN(c1ccc(OCc2ccccc2)cc1)S(C)(=O)=O. The van der Waals surface area contributed by atoms with Crippen LogP contribution >= 0.6 is 23.2 Å². The number of benzene rings is 4. The maximum absolute atomic E-state index is 14.3. The van der Waals surface area contributed by atoms with E-state index in [4.69, 9.17) is 27.9 Å². The number of nitrogens with one attached hydrogen (secondary N) is 1. The zero-order chi connectivity index (χ0) is 33.8. The van der Waals surface area contributed by atoms with E-state index < -0.39 is 28.5 Å². The summed E-state index contributed by atoms with van der Waals surface area (Å²) in [4.78, 5) is 29.4. The second-order valence-corrected chi connectivity index (χ2v) is 13.9. The Morgan fingerprint density at radius 2 is 1.51 bits per heavy atom. The van der Waals surface area contributed by atoms with Crippen LogP contribution < -0.4 is 14.4 Å². The third kappa shape index (κ3) is 10.7. The summed E-state index contributed by atoms with van der Waals surface area (Å²) in [5, 5.41) is 3.71. The molecule has 2 amide bonds. The van der Waals surface area contributed by atoms with Gasteiger partial charge in [-0.3, -0.25) is 13.9 Å². The molecule has 4 aromatic rings. The average molecular weight is 697 g/mol. The van der Waals surface area contributed by atoms with Crippen LogP contribution in [-0.2, 0) is 39.2 Å². The smallest absolute Gasteiger partial charge is 0.244 e. The Balaban J connectivity index is 1.65. The van der Waals surface area contributed by atoms with E-state index in [1.807, 2.05) is 67.6 Å². The number of ether oxygens (including phenoxy) is 1. The Hall–Kier alpha value is -4.05. The fraction of sp³-hybridized carbons (Fsp3) is 0.278. The van der Waals surface area contributed by atoms with E-state index in [1.54, 1.807) is 42.5 Å². The summed E-state index contributed by atoms with van der Waals surface area (Å²) < 4.78 is 33.1. The van der Waals surface area contributed by atoms with E-state index in [-0.39, 0.29) is 24.6 Å². The van der Waals surface area contributed by atoms with Crippen molar-refractivity contribution in [1.29, 1.82) is 0 Å². The summed E-state index contributed by atoms with van der Waals surface area (Å²) in [6, 6.07) is 29.5. The first-order valence-corrected chi connectivity index (χ1v) is 17.9. The van der Waals surface area contributed by atoms with E-state index in [9.17, 15) is 18.0 Å². The van der Waals surface area contributed by atoms with Crippen LogP contribution in [0.3, 0.4) is 0 Å². The van der Waals surface area contributed by atoms with Crippen molar-refractivity contribution in [2.45, 2.75) is 45.4 Å². The van der Waals surface area contributed by atoms with Crippen molar-refractivity contribution in [3.63, 3.8) is 0 Å². The van der Waals surface area contributed by atoms with Gasteiger partial charge >= 0.3 is 0 Å². The Bertz CT molecular complexity index is 1720. The van der Waals surface area contributed by atoms with Crippen molar-refractivity contribution in [2.75, 3.05) is 23.7 Å². The van der Waals surface area contributed by atoms with Crippen molar-refractivity contribution < 1.29 is 22.7 Å². The predicted octanol–water partition coefficient (Wildman–Crippen LogP) is 6.89. The van der Waals surface area contributed by atoms with E-state index >= 15 is 0 Å². The predicted molar refractivity (Wildman–Crippen MR) is 188 cm³/mol. The Morgan fingerprint density at radius 3 is 2.11 bits per heavy atom. The van der Waals surface area contributed by atoms with Gasteiger partial charge in [0.05, 0.1) is 11.9 Å².